The van der Waals surface area contributed by atoms with Crippen molar-refractivity contribution in [1.82, 2.24) is 0 Å². The highest BCUT2D eigenvalue weighted by Gasteiger charge is 2.20. The van der Waals surface area contributed by atoms with Gasteiger partial charge in [-0.3, -0.25) is 0 Å². The first-order valence-electron chi connectivity index (χ1n) is 5.96. The van der Waals surface area contributed by atoms with Crippen molar-refractivity contribution in [2.75, 3.05) is 45.4 Å². The van der Waals surface area contributed by atoms with Crippen LogP contribution in [0.1, 0.15) is 10.4 Å². The van der Waals surface area contributed by atoms with Crippen molar-refractivity contribution in [2.24, 2.45) is 0 Å². The largest absolute Gasteiger partial charge is 0.495 e. The van der Waals surface area contributed by atoms with Crippen molar-refractivity contribution in [3.63, 3.8) is 0 Å². The van der Waals surface area contributed by atoms with E-state index in [2.05, 4.69) is 4.90 Å². The highest BCUT2D eigenvalue weighted by molar-refractivity contribution is 6.34. The van der Waals surface area contributed by atoms with Crippen LogP contribution in [-0.4, -0.2) is 46.5 Å². The number of hydrogen-bond acceptors (Lipinski definition) is 5. The molecule has 104 valence electrons. The molecule has 0 spiro atoms. The lowest BCUT2D eigenvalue weighted by molar-refractivity contribution is 0.0601. The summed E-state index contributed by atoms with van der Waals surface area (Å²) >= 11 is 6.07. The number of carbonyl (C=O) groups excluding carboxylic acids is 1. The molecule has 1 fully saturated rings. The third-order valence-electron chi connectivity index (χ3n) is 3.03. The molecule has 0 N–H and O–H groups in total. The molecule has 0 unspecified atom stereocenters. The van der Waals surface area contributed by atoms with Crippen molar-refractivity contribution >= 4 is 23.3 Å². The molecule has 0 aromatic heterocycles. The SMILES string of the molecule is COC(=O)c1cc(N2CCOCC2)c(OC)cc1Cl. The van der Waals surface area contributed by atoms with Crippen LogP contribution in [0.15, 0.2) is 12.1 Å². The zero-order valence-electron chi connectivity index (χ0n) is 10.9. The number of esters is 1. The maximum atomic E-state index is 11.7. The van der Waals surface area contributed by atoms with Crippen LogP contribution < -0.4 is 9.64 Å². The molecule has 0 amide bonds. The second kappa shape index (κ2) is 6.12. The quantitative estimate of drug-likeness (QED) is 0.795. The van der Waals surface area contributed by atoms with Crippen LogP contribution in [0.4, 0.5) is 5.69 Å². The molecule has 1 aliphatic heterocycles. The Labute approximate surface area is 117 Å². The van der Waals surface area contributed by atoms with E-state index in [1.54, 1.807) is 19.2 Å². The first-order valence-corrected chi connectivity index (χ1v) is 6.33. The lowest BCUT2D eigenvalue weighted by Crippen LogP contribution is -2.36. The molecule has 2 rings (SSSR count). The van der Waals surface area contributed by atoms with Crippen LogP contribution in [0.3, 0.4) is 0 Å². The molecule has 6 heteroatoms. The summed E-state index contributed by atoms with van der Waals surface area (Å²) in [5.41, 5.74) is 1.17. The minimum absolute atomic E-state index is 0.320. The van der Waals surface area contributed by atoms with Crippen molar-refractivity contribution in [2.45, 2.75) is 0 Å². The average Bonchev–Trinajstić information content (AvgIpc) is 2.47. The first-order chi connectivity index (χ1) is 9.17. The molecule has 1 aliphatic rings. The summed E-state index contributed by atoms with van der Waals surface area (Å²) in [6.45, 7) is 2.80. The van der Waals surface area contributed by atoms with Crippen molar-refractivity contribution in [3.05, 3.63) is 22.7 Å². The minimum Gasteiger partial charge on any atom is -0.495 e. The van der Waals surface area contributed by atoms with Gasteiger partial charge < -0.3 is 19.1 Å². The highest BCUT2D eigenvalue weighted by atomic mass is 35.5. The Balaban J connectivity index is 2.41. The van der Waals surface area contributed by atoms with E-state index in [-0.39, 0.29) is 0 Å². The van der Waals surface area contributed by atoms with Crippen molar-refractivity contribution < 1.29 is 19.0 Å². The Morgan fingerprint density at radius 3 is 2.58 bits per heavy atom. The highest BCUT2D eigenvalue weighted by Crippen LogP contribution is 2.34. The normalized spacial score (nSPS) is 15.2. The number of rotatable bonds is 3. The minimum atomic E-state index is -0.456. The van der Waals surface area contributed by atoms with Gasteiger partial charge in [-0.1, -0.05) is 11.6 Å². The number of halogens is 1. The molecule has 5 nitrogen and oxygen atoms in total. The van der Waals surface area contributed by atoms with Gasteiger partial charge in [0.2, 0.25) is 0 Å². The van der Waals surface area contributed by atoms with Crippen LogP contribution in [0.25, 0.3) is 0 Å². The van der Waals surface area contributed by atoms with Gasteiger partial charge in [-0.15, -0.1) is 0 Å². The fourth-order valence-electron chi connectivity index (χ4n) is 2.02. The summed E-state index contributed by atoms with van der Waals surface area (Å²) in [4.78, 5) is 13.8. The predicted molar refractivity (Wildman–Crippen MR) is 72.4 cm³/mol. The van der Waals surface area contributed by atoms with Gasteiger partial charge in [-0.2, -0.15) is 0 Å². The second-order valence-electron chi connectivity index (χ2n) is 4.09. The predicted octanol–water partition coefficient (Wildman–Crippen LogP) is 1.97. The fraction of sp³-hybridized carbons (Fsp3) is 0.462. The Kier molecular flexibility index (Phi) is 4.50. The van der Waals surface area contributed by atoms with E-state index in [9.17, 15) is 4.79 Å². The molecule has 1 aromatic rings. The zero-order chi connectivity index (χ0) is 13.8. The molecule has 0 saturated carbocycles. The maximum Gasteiger partial charge on any atom is 0.339 e. The molecule has 19 heavy (non-hydrogen) atoms. The van der Waals surface area contributed by atoms with E-state index in [1.165, 1.54) is 7.11 Å². The number of nitrogens with zero attached hydrogens (tertiary/aromatic N) is 1. The molecule has 0 aliphatic carbocycles. The summed E-state index contributed by atoms with van der Waals surface area (Å²) in [6.07, 6.45) is 0. The third-order valence-corrected chi connectivity index (χ3v) is 3.34. The van der Waals surface area contributed by atoms with Gasteiger partial charge in [0.25, 0.3) is 0 Å². The van der Waals surface area contributed by atoms with E-state index in [1.807, 2.05) is 0 Å². The van der Waals surface area contributed by atoms with Gasteiger partial charge in [-0.05, 0) is 6.07 Å². The van der Waals surface area contributed by atoms with Crippen LogP contribution in [0.2, 0.25) is 5.02 Å². The van der Waals surface area contributed by atoms with Gasteiger partial charge in [-0.25, -0.2) is 4.79 Å². The van der Waals surface area contributed by atoms with Gasteiger partial charge in [0, 0.05) is 19.2 Å². The van der Waals surface area contributed by atoms with E-state index < -0.39 is 5.97 Å². The third kappa shape index (κ3) is 2.93. The standard InChI is InChI=1S/C13H16ClNO4/c1-17-12-8-10(14)9(13(16)18-2)7-11(12)15-3-5-19-6-4-15/h7-8H,3-6H2,1-2H3. The molecular weight excluding hydrogens is 270 g/mol. The number of anilines is 1. The maximum absolute atomic E-state index is 11.7. The first kappa shape index (κ1) is 14.0. The van der Waals surface area contributed by atoms with Crippen LogP contribution in [0.5, 0.6) is 5.75 Å². The van der Waals surface area contributed by atoms with Gasteiger partial charge in [0.05, 0.1) is 43.7 Å². The van der Waals surface area contributed by atoms with Crippen LogP contribution in [0, 0.1) is 0 Å². The van der Waals surface area contributed by atoms with Gasteiger partial charge >= 0.3 is 5.97 Å². The summed E-state index contributed by atoms with van der Waals surface area (Å²) < 4.78 is 15.4. The van der Waals surface area contributed by atoms with Crippen molar-refractivity contribution in [3.8, 4) is 5.75 Å². The molecule has 0 bridgehead atoms. The van der Waals surface area contributed by atoms with E-state index in [4.69, 9.17) is 25.8 Å². The summed E-state index contributed by atoms with van der Waals surface area (Å²) in [5.74, 6) is 0.182. The lowest BCUT2D eigenvalue weighted by Gasteiger charge is -2.30. The molecule has 1 saturated heterocycles. The topological polar surface area (TPSA) is 48.0 Å². The fourth-order valence-corrected chi connectivity index (χ4v) is 2.26. The van der Waals surface area contributed by atoms with Crippen LogP contribution >= 0.6 is 11.6 Å². The molecule has 0 atom stereocenters. The molecule has 0 radical (unpaired) electrons. The molecular formula is C13H16ClNO4. The zero-order valence-corrected chi connectivity index (χ0v) is 11.7. The molecule has 1 aromatic carbocycles. The Morgan fingerprint density at radius 1 is 1.32 bits per heavy atom. The Hall–Kier alpha value is -1.46. The smallest absolute Gasteiger partial charge is 0.339 e. The Bertz CT molecular complexity index is 472. The van der Waals surface area contributed by atoms with Gasteiger partial charge in [0.15, 0.2) is 0 Å². The summed E-state index contributed by atoms with van der Waals surface area (Å²) in [7, 11) is 2.91. The van der Waals surface area contributed by atoms with E-state index >= 15 is 0 Å². The second-order valence-corrected chi connectivity index (χ2v) is 4.50. The summed E-state index contributed by atoms with van der Waals surface area (Å²) in [6, 6.07) is 3.34. The Morgan fingerprint density at radius 2 is 2.00 bits per heavy atom. The summed E-state index contributed by atoms with van der Waals surface area (Å²) in [5, 5.41) is 0.320. The van der Waals surface area contributed by atoms with Crippen molar-refractivity contribution in [1.29, 1.82) is 0 Å². The molecule has 1 heterocycles. The number of carbonyl (C=O) groups is 1. The lowest BCUT2D eigenvalue weighted by atomic mass is 10.1. The number of methoxy groups -OCH3 is 2. The van der Waals surface area contributed by atoms with Gasteiger partial charge in [0.1, 0.15) is 5.75 Å². The number of ether oxygens (including phenoxy) is 3. The van der Waals surface area contributed by atoms with E-state index in [0.717, 1.165) is 18.8 Å². The van der Waals surface area contributed by atoms with Crippen LogP contribution in [-0.2, 0) is 9.47 Å². The number of hydrogen-bond donors (Lipinski definition) is 0. The van der Waals surface area contributed by atoms with E-state index in [0.29, 0.717) is 29.5 Å². The number of morpholine rings is 1. The monoisotopic (exact) mass is 285 g/mol. The average molecular weight is 286 g/mol. The number of benzene rings is 1.